The van der Waals surface area contributed by atoms with E-state index in [2.05, 4.69) is 5.32 Å². The van der Waals surface area contributed by atoms with Crippen molar-refractivity contribution in [1.29, 1.82) is 0 Å². The van der Waals surface area contributed by atoms with Gasteiger partial charge in [0.05, 0.1) is 18.6 Å². The Balaban J connectivity index is 3.60. The van der Waals surface area contributed by atoms with Crippen molar-refractivity contribution in [2.45, 2.75) is 25.6 Å². The van der Waals surface area contributed by atoms with E-state index < -0.39 is 6.10 Å². The lowest BCUT2D eigenvalue weighted by Crippen LogP contribution is -2.35. The SMILES string of the molecule is COC(CN)CC(=O)NC[C@H](C)O. The number of amides is 1. The van der Waals surface area contributed by atoms with E-state index >= 15 is 0 Å². The molecule has 0 saturated carbocycles. The van der Waals surface area contributed by atoms with Crippen LogP contribution in [-0.2, 0) is 9.53 Å². The van der Waals surface area contributed by atoms with Gasteiger partial charge in [-0.2, -0.15) is 0 Å². The third kappa shape index (κ3) is 6.51. The monoisotopic (exact) mass is 190 g/mol. The molecular weight excluding hydrogens is 172 g/mol. The number of hydrogen-bond acceptors (Lipinski definition) is 4. The molecule has 4 N–H and O–H groups in total. The number of rotatable bonds is 6. The number of carbonyl (C=O) groups excluding carboxylic acids is 1. The zero-order chi connectivity index (χ0) is 10.3. The first-order valence-electron chi connectivity index (χ1n) is 4.27. The Bertz CT molecular complexity index is 146. The lowest BCUT2D eigenvalue weighted by Gasteiger charge is -2.13. The molecule has 1 unspecified atom stereocenters. The summed E-state index contributed by atoms with van der Waals surface area (Å²) < 4.78 is 4.93. The zero-order valence-corrected chi connectivity index (χ0v) is 8.12. The predicted molar refractivity (Wildman–Crippen MR) is 49.2 cm³/mol. The van der Waals surface area contributed by atoms with E-state index in [9.17, 15) is 4.79 Å². The molecular formula is C8H18N2O3. The lowest BCUT2D eigenvalue weighted by atomic mass is 10.2. The van der Waals surface area contributed by atoms with Gasteiger partial charge >= 0.3 is 0 Å². The van der Waals surface area contributed by atoms with Gasteiger partial charge in [0.1, 0.15) is 0 Å². The van der Waals surface area contributed by atoms with Gasteiger partial charge in [-0.3, -0.25) is 4.79 Å². The highest BCUT2D eigenvalue weighted by Crippen LogP contribution is 1.94. The second-order valence-corrected chi connectivity index (χ2v) is 2.95. The molecule has 0 heterocycles. The predicted octanol–water partition coefficient (Wildman–Crippen LogP) is -1.15. The highest BCUT2D eigenvalue weighted by Gasteiger charge is 2.11. The number of ether oxygens (including phenoxy) is 1. The number of nitrogens with two attached hydrogens (primary N) is 1. The Morgan fingerprint density at radius 1 is 1.69 bits per heavy atom. The summed E-state index contributed by atoms with van der Waals surface area (Å²) in [7, 11) is 1.51. The summed E-state index contributed by atoms with van der Waals surface area (Å²) in [5.74, 6) is -0.154. The van der Waals surface area contributed by atoms with Crippen molar-refractivity contribution >= 4 is 5.91 Å². The molecule has 0 spiro atoms. The van der Waals surface area contributed by atoms with Gasteiger partial charge in [-0.25, -0.2) is 0 Å². The minimum Gasteiger partial charge on any atom is -0.392 e. The van der Waals surface area contributed by atoms with Crippen molar-refractivity contribution in [1.82, 2.24) is 5.32 Å². The van der Waals surface area contributed by atoms with Gasteiger partial charge in [-0.1, -0.05) is 0 Å². The summed E-state index contributed by atoms with van der Waals surface area (Å²) >= 11 is 0. The van der Waals surface area contributed by atoms with Crippen LogP contribution in [0.4, 0.5) is 0 Å². The van der Waals surface area contributed by atoms with Gasteiger partial charge in [0.2, 0.25) is 5.91 Å². The Morgan fingerprint density at radius 3 is 2.69 bits per heavy atom. The highest BCUT2D eigenvalue weighted by atomic mass is 16.5. The maximum absolute atomic E-state index is 11.1. The van der Waals surface area contributed by atoms with Gasteiger partial charge in [0.25, 0.3) is 0 Å². The van der Waals surface area contributed by atoms with E-state index in [1.54, 1.807) is 6.92 Å². The van der Waals surface area contributed by atoms with E-state index in [0.29, 0.717) is 6.54 Å². The third-order valence-electron chi connectivity index (χ3n) is 1.60. The first-order chi connectivity index (χ1) is 6.10. The number of nitrogens with one attached hydrogen (secondary N) is 1. The van der Waals surface area contributed by atoms with Crippen LogP contribution < -0.4 is 11.1 Å². The summed E-state index contributed by atoms with van der Waals surface area (Å²) in [6.07, 6.45) is -0.531. The second kappa shape index (κ2) is 6.82. The molecule has 13 heavy (non-hydrogen) atoms. The minimum atomic E-state index is -0.525. The molecule has 0 aliphatic heterocycles. The first kappa shape index (κ1) is 12.3. The summed E-state index contributed by atoms with van der Waals surface area (Å²) in [5.41, 5.74) is 5.33. The van der Waals surface area contributed by atoms with Crippen molar-refractivity contribution in [3.05, 3.63) is 0 Å². The molecule has 0 aromatic rings. The first-order valence-corrected chi connectivity index (χ1v) is 4.27. The average molecular weight is 190 g/mol. The van der Waals surface area contributed by atoms with Crippen LogP contribution in [0.2, 0.25) is 0 Å². The lowest BCUT2D eigenvalue weighted by molar-refractivity contribution is -0.123. The number of aliphatic hydroxyl groups is 1. The molecule has 0 saturated heterocycles. The van der Waals surface area contributed by atoms with E-state index in [0.717, 1.165) is 0 Å². The van der Waals surface area contributed by atoms with Gasteiger partial charge in [-0.15, -0.1) is 0 Å². The zero-order valence-electron chi connectivity index (χ0n) is 8.12. The fourth-order valence-corrected chi connectivity index (χ4v) is 0.803. The topological polar surface area (TPSA) is 84.6 Å². The van der Waals surface area contributed by atoms with Crippen LogP contribution in [0.25, 0.3) is 0 Å². The van der Waals surface area contributed by atoms with Crippen LogP contribution >= 0.6 is 0 Å². The number of methoxy groups -OCH3 is 1. The van der Waals surface area contributed by atoms with Gasteiger partial charge < -0.3 is 20.9 Å². The average Bonchev–Trinajstić information content (AvgIpc) is 2.10. The van der Waals surface area contributed by atoms with Crippen LogP contribution in [0, 0.1) is 0 Å². The minimum absolute atomic E-state index is 0.154. The van der Waals surface area contributed by atoms with E-state index in [1.807, 2.05) is 0 Å². The summed E-state index contributed by atoms with van der Waals surface area (Å²) in [4.78, 5) is 11.1. The van der Waals surface area contributed by atoms with Crippen molar-refractivity contribution in [2.75, 3.05) is 20.2 Å². The van der Waals surface area contributed by atoms with Crippen molar-refractivity contribution in [2.24, 2.45) is 5.73 Å². The third-order valence-corrected chi connectivity index (χ3v) is 1.60. The smallest absolute Gasteiger partial charge is 0.222 e. The molecule has 0 rings (SSSR count). The summed E-state index contributed by atoms with van der Waals surface area (Å²) in [5, 5.41) is 11.4. The summed E-state index contributed by atoms with van der Waals surface area (Å²) in [6.45, 7) is 2.19. The van der Waals surface area contributed by atoms with Crippen molar-refractivity contribution in [3.63, 3.8) is 0 Å². The molecule has 0 aromatic carbocycles. The molecule has 0 bridgehead atoms. The van der Waals surface area contributed by atoms with Gasteiger partial charge in [0, 0.05) is 20.2 Å². The fourth-order valence-electron chi connectivity index (χ4n) is 0.803. The largest absolute Gasteiger partial charge is 0.392 e. The molecule has 5 nitrogen and oxygen atoms in total. The molecule has 78 valence electrons. The fraction of sp³-hybridized carbons (Fsp3) is 0.875. The van der Waals surface area contributed by atoms with E-state index in [-0.39, 0.29) is 25.0 Å². The van der Waals surface area contributed by atoms with Crippen LogP contribution in [-0.4, -0.2) is 43.4 Å². The molecule has 0 aliphatic rings. The Morgan fingerprint density at radius 2 is 2.31 bits per heavy atom. The highest BCUT2D eigenvalue weighted by molar-refractivity contribution is 5.76. The molecule has 0 aliphatic carbocycles. The van der Waals surface area contributed by atoms with Crippen molar-refractivity contribution in [3.8, 4) is 0 Å². The van der Waals surface area contributed by atoms with Crippen LogP contribution in [0.15, 0.2) is 0 Å². The Kier molecular flexibility index (Phi) is 6.48. The van der Waals surface area contributed by atoms with Crippen LogP contribution in [0.1, 0.15) is 13.3 Å². The number of carbonyl (C=O) groups is 1. The standard InChI is InChI=1S/C8H18N2O3/c1-6(11)5-10-8(12)3-7(4-9)13-2/h6-7,11H,3-5,9H2,1-2H3,(H,10,12)/t6-,7?/m0/s1. The maximum atomic E-state index is 11.1. The second-order valence-electron chi connectivity index (χ2n) is 2.95. The van der Waals surface area contributed by atoms with Crippen LogP contribution in [0.3, 0.4) is 0 Å². The Hall–Kier alpha value is -0.650. The van der Waals surface area contributed by atoms with E-state index in [4.69, 9.17) is 15.6 Å². The van der Waals surface area contributed by atoms with Crippen LogP contribution in [0.5, 0.6) is 0 Å². The summed E-state index contributed by atoms with van der Waals surface area (Å²) in [6, 6.07) is 0. The molecule has 0 fully saturated rings. The normalized spacial score (nSPS) is 15.1. The molecule has 0 aromatic heterocycles. The quantitative estimate of drug-likeness (QED) is 0.493. The number of aliphatic hydroxyl groups excluding tert-OH is 1. The van der Waals surface area contributed by atoms with Gasteiger partial charge in [0.15, 0.2) is 0 Å². The molecule has 0 radical (unpaired) electrons. The van der Waals surface area contributed by atoms with E-state index in [1.165, 1.54) is 7.11 Å². The molecule has 5 heteroatoms. The molecule has 1 amide bonds. The van der Waals surface area contributed by atoms with Gasteiger partial charge in [-0.05, 0) is 6.92 Å². The maximum Gasteiger partial charge on any atom is 0.222 e. The molecule has 2 atom stereocenters. The number of hydrogen-bond donors (Lipinski definition) is 3. The Labute approximate surface area is 78.3 Å². The van der Waals surface area contributed by atoms with Crippen molar-refractivity contribution < 1.29 is 14.6 Å².